The van der Waals surface area contributed by atoms with Crippen LogP contribution in [0.25, 0.3) is 11.4 Å². The summed E-state index contributed by atoms with van der Waals surface area (Å²) in [7, 11) is 2.20. The van der Waals surface area contributed by atoms with Crippen molar-refractivity contribution in [2.45, 2.75) is 26.4 Å². The van der Waals surface area contributed by atoms with Gasteiger partial charge in [-0.1, -0.05) is 61.5 Å². The Bertz CT molecular complexity index is 877. The number of likely N-dealkylation sites (N-methyl/N-ethyl adjacent to an activating group) is 1. The standard InChI is InChI=1S/C23H29N5/c1-3-22-24-23(28(25-22)18-19-7-5-4-6-8-19)21-11-9-20(10-12-21)17-27-15-13-26(2)14-16-27/h4-12H,3,13-18H2,1-2H3. The minimum Gasteiger partial charge on any atom is -0.304 e. The molecule has 146 valence electrons. The van der Waals surface area contributed by atoms with Crippen LogP contribution in [0.4, 0.5) is 0 Å². The summed E-state index contributed by atoms with van der Waals surface area (Å²) in [6.07, 6.45) is 0.844. The molecule has 28 heavy (non-hydrogen) atoms. The molecule has 2 heterocycles. The Hall–Kier alpha value is -2.50. The largest absolute Gasteiger partial charge is 0.304 e. The number of piperazine rings is 1. The first-order valence-corrected chi connectivity index (χ1v) is 10.2. The lowest BCUT2D eigenvalue weighted by atomic mass is 10.1. The molecule has 0 bridgehead atoms. The molecule has 0 amide bonds. The highest BCUT2D eigenvalue weighted by atomic mass is 15.3. The smallest absolute Gasteiger partial charge is 0.158 e. The summed E-state index contributed by atoms with van der Waals surface area (Å²) >= 11 is 0. The van der Waals surface area contributed by atoms with Crippen LogP contribution in [0.1, 0.15) is 23.9 Å². The van der Waals surface area contributed by atoms with Crippen LogP contribution in [-0.2, 0) is 19.5 Å². The molecule has 5 nitrogen and oxygen atoms in total. The molecule has 0 N–H and O–H groups in total. The molecule has 5 heteroatoms. The molecular formula is C23H29N5. The molecule has 0 spiro atoms. The summed E-state index contributed by atoms with van der Waals surface area (Å²) < 4.78 is 2.03. The van der Waals surface area contributed by atoms with Crippen LogP contribution in [0.2, 0.25) is 0 Å². The van der Waals surface area contributed by atoms with Crippen LogP contribution >= 0.6 is 0 Å². The lowest BCUT2D eigenvalue weighted by molar-refractivity contribution is 0.148. The Morgan fingerprint density at radius 1 is 0.821 bits per heavy atom. The van der Waals surface area contributed by atoms with Gasteiger partial charge in [0.1, 0.15) is 0 Å². The summed E-state index contributed by atoms with van der Waals surface area (Å²) in [4.78, 5) is 9.71. The molecular weight excluding hydrogens is 346 g/mol. The first-order valence-electron chi connectivity index (χ1n) is 10.2. The van der Waals surface area contributed by atoms with E-state index in [1.807, 2.05) is 10.7 Å². The normalized spacial score (nSPS) is 15.8. The molecule has 1 aliphatic heterocycles. The van der Waals surface area contributed by atoms with Crippen molar-refractivity contribution >= 4 is 0 Å². The van der Waals surface area contributed by atoms with Crippen molar-refractivity contribution in [2.24, 2.45) is 0 Å². The highest BCUT2D eigenvalue weighted by molar-refractivity contribution is 5.56. The van der Waals surface area contributed by atoms with E-state index in [0.717, 1.165) is 62.9 Å². The zero-order valence-electron chi connectivity index (χ0n) is 16.9. The van der Waals surface area contributed by atoms with Crippen LogP contribution in [0.15, 0.2) is 54.6 Å². The van der Waals surface area contributed by atoms with Crippen LogP contribution in [0.3, 0.4) is 0 Å². The maximum atomic E-state index is 4.78. The first-order chi connectivity index (χ1) is 13.7. The number of aryl methyl sites for hydroxylation is 1. The predicted molar refractivity (Wildman–Crippen MR) is 113 cm³/mol. The van der Waals surface area contributed by atoms with Crippen molar-refractivity contribution in [3.8, 4) is 11.4 Å². The van der Waals surface area contributed by atoms with Gasteiger partial charge in [0, 0.05) is 44.7 Å². The number of hydrogen-bond acceptors (Lipinski definition) is 4. The second kappa shape index (κ2) is 8.67. The van der Waals surface area contributed by atoms with E-state index < -0.39 is 0 Å². The van der Waals surface area contributed by atoms with Gasteiger partial charge in [-0.2, -0.15) is 5.10 Å². The van der Waals surface area contributed by atoms with Crippen molar-refractivity contribution < 1.29 is 0 Å². The number of benzene rings is 2. The van der Waals surface area contributed by atoms with Gasteiger partial charge >= 0.3 is 0 Å². The average Bonchev–Trinajstić information content (AvgIpc) is 3.14. The third-order valence-electron chi connectivity index (χ3n) is 5.42. The third kappa shape index (κ3) is 4.49. The van der Waals surface area contributed by atoms with Crippen molar-refractivity contribution in [1.82, 2.24) is 24.6 Å². The maximum absolute atomic E-state index is 4.78. The van der Waals surface area contributed by atoms with Gasteiger partial charge in [-0.15, -0.1) is 0 Å². The Morgan fingerprint density at radius 2 is 1.50 bits per heavy atom. The lowest BCUT2D eigenvalue weighted by Crippen LogP contribution is -2.43. The molecule has 1 fully saturated rings. The number of rotatable bonds is 6. The second-order valence-electron chi connectivity index (χ2n) is 7.62. The fourth-order valence-corrected chi connectivity index (χ4v) is 3.64. The SMILES string of the molecule is CCc1nc(-c2ccc(CN3CCN(C)CC3)cc2)n(Cc2ccccc2)n1. The molecule has 4 rings (SSSR count). The quantitative estimate of drug-likeness (QED) is 0.662. The van der Waals surface area contributed by atoms with E-state index in [1.165, 1.54) is 11.1 Å². The lowest BCUT2D eigenvalue weighted by Gasteiger charge is -2.32. The molecule has 1 aromatic heterocycles. The monoisotopic (exact) mass is 375 g/mol. The zero-order chi connectivity index (χ0) is 19.3. The summed E-state index contributed by atoms with van der Waals surface area (Å²) in [5.74, 6) is 1.85. The van der Waals surface area contributed by atoms with Crippen LogP contribution < -0.4 is 0 Å². The minimum atomic E-state index is 0.742. The summed E-state index contributed by atoms with van der Waals surface area (Å²) in [5.41, 5.74) is 3.73. The summed E-state index contributed by atoms with van der Waals surface area (Å²) in [5, 5.41) is 4.72. The van der Waals surface area contributed by atoms with Crippen molar-refractivity contribution in [3.05, 3.63) is 71.5 Å². The number of hydrogen-bond donors (Lipinski definition) is 0. The van der Waals surface area contributed by atoms with Gasteiger partial charge in [-0.3, -0.25) is 4.90 Å². The van der Waals surface area contributed by atoms with Crippen molar-refractivity contribution in [3.63, 3.8) is 0 Å². The second-order valence-corrected chi connectivity index (χ2v) is 7.62. The van der Waals surface area contributed by atoms with Gasteiger partial charge in [-0.25, -0.2) is 9.67 Å². The first kappa shape index (κ1) is 18.8. The fourth-order valence-electron chi connectivity index (χ4n) is 3.64. The van der Waals surface area contributed by atoms with E-state index in [4.69, 9.17) is 10.1 Å². The van der Waals surface area contributed by atoms with Gasteiger partial charge in [-0.05, 0) is 18.2 Å². The van der Waals surface area contributed by atoms with E-state index >= 15 is 0 Å². The van der Waals surface area contributed by atoms with Crippen LogP contribution in [-0.4, -0.2) is 57.8 Å². The predicted octanol–water partition coefficient (Wildman–Crippen LogP) is 3.30. The van der Waals surface area contributed by atoms with Gasteiger partial charge in [0.15, 0.2) is 11.6 Å². The number of nitrogens with zero attached hydrogens (tertiary/aromatic N) is 5. The highest BCUT2D eigenvalue weighted by Gasteiger charge is 2.15. The number of aromatic nitrogens is 3. The third-order valence-corrected chi connectivity index (χ3v) is 5.42. The van der Waals surface area contributed by atoms with E-state index in [9.17, 15) is 0 Å². The molecule has 1 aliphatic rings. The van der Waals surface area contributed by atoms with Gasteiger partial charge in [0.2, 0.25) is 0 Å². The zero-order valence-corrected chi connectivity index (χ0v) is 16.9. The molecule has 0 radical (unpaired) electrons. The Balaban J connectivity index is 1.51. The average molecular weight is 376 g/mol. The molecule has 0 unspecified atom stereocenters. The topological polar surface area (TPSA) is 37.2 Å². The van der Waals surface area contributed by atoms with Crippen molar-refractivity contribution in [1.29, 1.82) is 0 Å². The van der Waals surface area contributed by atoms with E-state index in [2.05, 4.69) is 72.3 Å². The molecule has 1 saturated heterocycles. The fraction of sp³-hybridized carbons (Fsp3) is 0.391. The Kier molecular flexibility index (Phi) is 5.84. The Morgan fingerprint density at radius 3 is 2.18 bits per heavy atom. The Labute approximate surface area is 167 Å². The van der Waals surface area contributed by atoms with Gasteiger partial charge in [0.25, 0.3) is 0 Å². The van der Waals surface area contributed by atoms with E-state index in [-0.39, 0.29) is 0 Å². The molecule has 0 saturated carbocycles. The molecule has 2 aromatic carbocycles. The van der Waals surface area contributed by atoms with Gasteiger partial charge < -0.3 is 4.90 Å². The molecule has 3 aromatic rings. The summed E-state index contributed by atoms with van der Waals surface area (Å²) in [6, 6.07) is 19.3. The summed E-state index contributed by atoms with van der Waals surface area (Å²) in [6.45, 7) is 8.45. The van der Waals surface area contributed by atoms with Gasteiger partial charge in [0.05, 0.1) is 6.54 Å². The van der Waals surface area contributed by atoms with Crippen LogP contribution in [0, 0.1) is 0 Å². The van der Waals surface area contributed by atoms with Crippen molar-refractivity contribution in [2.75, 3.05) is 33.2 Å². The molecule has 0 aliphatic carbocycles. The minimum absolute atomic E-state index is 0.742. The molecule has 0 atom stereocenters. The van der Waals surface area contributed by atoms with E-state index in [0.29, 0.717) is 0 Å². The maximum Gasteiger partial charge on any atom is 0.158 e. The highest BCUT2D eigenvalue weighted by Crippen LogP contribution is 2.20. The van der Waals surface area contributed by atoms with Crippen LogP contribution in [0.5, 0.6) is 0 Å². The van der Waals surface area contributed by atoms with E-state index in [1.54, 1.807) is 0 Å².